The third kappa shape index (κ3) is 3.41. The SMILES string of the molecule is CCCC(C=N)Cc1ccccc1. The lowest BCUT2D eigenvalue weighted by atomic mass is 9.96. The molecule has 13 heavy (non-hydrogen) atoms. The van der Waals surface area contributed by atoms with E-state index < -0.39 is 0 Å². The van der Waals surface area contributed by atoms with Crippen LogP contribution in [0.25, 0.3) is 0 Å². The van der Waals surface area contributed by atoms with Gasteiger partial charge in [0.25, 0.3) is 0 Å². The highest BCUT2D eigenvalue weighted by molar-refractivity contribution is 5.57. The van der Waals surface area contributed by atoms with Gasteiger partial charge in [0.2, 0.25) is 0 Å². The van der Waals surface area contributed by atoms with Crippen LogP contribution in [0.15, 0.2) is 30.3 Å². The van der Waals surface area contributed by atoms with Gasteiger partial charge in [-0.15, -0.1) is 0 Å². The second-order valence-corrected chi connectivity index (χ2v) is 3.41. The summed E-state index contributed by atoms with van der Waals surface area (Å²) in [5, 5.41) is 7.29. The molecule has 1 nitrogen and oxygen atoms in total. The molecule has 0 radical (unpaired) electrons. The van der Waals surface area contributed by atoms with Crippen molar-refractivity contribution in [1.82, 2.24) is 0 Å². The summed E-state index contributed by atoms with van der Waals surface area (Å²) in [5.41, 5.74) is 1.34. The minimum absolute atomic E-state index is 0.424. The van der Waals surface area contributed by atoms with Crippen LogP contribution in [0.3, 0.4) is 0 Å². The number of hydrogen-bond acceptors (Lipinski definition) is 1. The average molecular weight is 175 g/mol. The second-order valence-electron chi connectivity index (χ2n) is 3.41. The molecule has 1 N–H and O–H groups in total. The van der Waals surface area contributed by atoms with E-state index in [0.717, 1.165) is 19.3 Å². The fourth-order valence-electron chi connectivity index (χ4n) is 1.53. The van der Waals surface area contributed by atoms with Crippen molar-refractivity contribution >= 4 is 6.21 Å². The molecule has 0 heterocycles. The standard InChI is InChI=1S/C12H17N/c1-2-6-12(10-13)9-11-7-4-3-5-8-11/h3-5,7-8,10,12-13H,2,6,9H2,1H3. The molecular weight excluding hydrogens is 158 g/mol. The minimum atomic E-state index is 0.424. The Hall–Kier alpha value is -1.11. The fraction of sp³-hybridized carbons (Fsp3) is 0.417. The van der Waals surface area contributed by atoms with Gasteiger partial charge in [-0.3, -0.25) is 0 Å². The van der Waals surface area contributed by atoms with Crippen LogP contribution in [0.4, 0.5) is 0 Å². The lowest BCUT2D eigenvalue weighted by Gasteiger charge is -2.09. The van der Waals surface area contributed by atoms with Crippen LogP contribution in [-0.2, 0) is 6.42 Å². The summed E-state index contributed by atoms with van der Waals surface area (Å²) in [6.07, 6.45) is 4.87. The zero-order valence-corrected chi connectivity index (χ0v) is 8.16. The summed E-state index contributed by atoms with van der Waals surface area (Å²) >= 11 is 0. The smallest absolute Gasteiger partial charge is 0.00134 e. The molecule has 0 aliphatic rings. The molecule has 0 spiro atoms. The van der Waals surface area contributed by atoms with Gasteiger partial charge in [-0.05, 0) is 30.5 Å². The summed E-state index contributed by atoms with van der Waals surface area (Å²) in [4.78, 5) is 0. The summed E-state index contributed by atoms with van der Waals surface area (Å²) in [7, 11) is 0. The van der Waals surface area contributed by atoms with Crippen molar-refractivity contribution in [2.75, 3.05) is 0 Å². The van der Waals surface area contributed by atoms with Gasteiger partial charge in [0, 0.05) is 0 Å². The van der Waals surface area contributed by atoms with Gasteiger partial charge in [-0.1, -0.05) is 43.7 Å². The van der Waals surface area contributed by atoms with Crippen LogP contribution in [0.5, 0.6) is 0 Å². The third-order valence-corrected chi connectivity index (χ3v) is 2.24. The maximum Gasteiger partial charge on any atom is -0.00134 e. The van der Waals surface area contributed by atoms with Crippen molar-refractivity contribution in [3.63, 3.8) is 0 Å². The highest BCUT2D eigenvalue weighted by atomic mass is 14.3. The Morgan fingerprint density at radius 1 is 1.31 bits per heavy atom. The Bertz CT molecular complexity index is 241. The van der Waals surface area contributed by atoms with E-state index in [4.69, 9.17) is 5.41 Å². The van der Waals surface area contributed by atoms with E-state index in [9.17, 15) is 0 Å². The number of benzene rings is 1. The van der Waals surface area contributed by atoms with E-state index in [1.165, 1.54) is 5.56 Å². The largest absolute Gasteiger partial charge is 0.313 e. The first-order valence-corrected chi connectivity index (χ1v) is 4.91. The van der Waals surface area contributed by atoms with Gasteiger partial charge in [-0.2, -0.15) is 0 Å². The van der Waals surface area contributed by atoms with E-state index in [1.54, 1.807) is 6.21 Å². The molecule has 0 saturated heterocycles. The van der Waals surface area contributed by atoms with Gasteiger partial charge < -0.3 is 5.41 Å². The van der Waals surface area contributed by atoms with E-state index in [0.29, 0.717) is 5.92 Å². The minimum Gasteiger partial charge on any atom is -0.313 e. The second kappa shape index (κ2) is 5.52. The Morgan fingerprint density at radius 3 is 2.54 bits per heavy atom. The van der Waals surface area contributed by atoms with Gasteiger partial charge >= 0.3 is 0 Å². The fourth-order valence-corrected chi connectivity index (χ4v) is 1.53. The molecule has 70 valence electrons. The van der Waals surface area contributed by atoms with Gasteiger partial charge in [0.1, 0.15) is 0 Å². The summed E-state index contributed by atoms with van der Waals surface area (Å²) in [6.45, 7) is 2.17. The first kappa shape index (κ1) is 9.97. The Balaban J connectivity index is 2.51. The van der Waals surface area contributed by atoms with E-state index in [2.05, 4.69) is 31.2 Å². The van der Waals surface area contributed by atoms with Crippen molar-refractivity contribution < 1.29 is 0 Å². The van der Waals surface area contributed by atoms with Gasteiger partial charge in [0.05, 0.1) is 0 Å². The monoisotopic (exact) mass is 175 g/mol. The van der Waals surface area contributed by atoms with Crippen molar-refractivity contribution in [2.24, 2.45) is 5.92 Å². The Morgan fingerprint density at radius 2 is 2.00 bits per heavy atom. The summed E-state index contributed by atoms with van der Waals surface area (Å²) < 4.78 is 0. The van der Waals surface area contributed by atoms with Crippen LogP contribution >= 0.6 is 0 Å². The number of rotatable bonds is 5. The van der Waals surface area contributed by atoms with Crippen LogP contribution in [0.1, 0.15) is 25.3 Å². The van der Waals surface area contributed by atoms with Crippen molar-refractivity contribution in [2.45, 2.75) is 26.2 Å². The van der Waals surface area contributed by atoms with Crippen LogP contribution in [-0.4, -0.2) is 6.21 Å². The maximum atomic E-state index is 7.29. The topological polar surface area (TPSA) is 23.9 Å². The highest BCUT2D eigenvalue weighted by Crippen LogP contribution is 2.11. The molecule has 1 unspecified atom stereocenters. The molecule has 0 saturated carbocycles. The molecule has 0 amide bonds. The van der Waals surface area contributed by atoms with Crippen molar-refractivity contribution in [3.8, 4) is 0 Å². The van der Waals surface area contributed by atoms with Crippen molar-refractivity contribution in [1.29, 1.82) is 5.41 Å². The Kier molecular flexibility index (Phi) is 4.24. The predicted octanol–water partition coefficient (Wildman–Crippen LogP) is 3.29. The molecule has 1 aromatic carbocycles. The van der Waals surface area contributed by atoms with Crippen LogP contribution < -0.4 is 0 Å². The Labute approximate surface area is 80.3 Å². The molecule has 1 heteroatoms. The third-order valence-electron chi connectivity index (χ3n) is 2.24. The number of hydrogen-bond donors (Lipinski definition) is 1. The molecule has 1 rings (SSSR count). The maximum absolute atomic E-state index is 7.29. The molecule has 1 atom stereocenters. The lowest BCUT2D eigenvalue weighted by Crippen LogP contribution is -2.04. The van der Waals surface area contributed by atoms with E-state index in [-0.39, 0.29) is 0 Å². The molecule has 0 fully saturated rings. The lowest BCUT2D eigenvalue weighted by molar-refractivity contribution is 0.618. The molecule has 0 aliphatic heterocycles. The van der Waals surface area contributed by atoms with Crippen molar-refractivity contribution in [3.05, 3.63) is 35.9 Å². The first-order chi connectivity index (χ1) is 6.36. The summed E-state index contributed by atoms with van der Waals surface area (Å²) in [6, 6.07) is 10.4. The molecule has 1 aromatic rings. The van der Waals surface area contributed by atoms with E-state index in [1.807, 2.05) is 6.07 Å². The molecule has 0 bridgehead atoms. The molecule has 0 aromatic heterocycles. The van der Waals surface area contributed by atoms with E-state index >= 15 is 0 Å². The normalized spacial score (nSPS) is 12.4. The number of nitrogens with one attached hydrogen (secondary N) is 1. The zero-order valence-electron chi connectivity index (χ0n) is 8.16. The van der Waals surface area contributed by atoms with Crippen LogP contribution in [0.2, 0.25) is 0 Å². The molecular formula is C12H17N. The zero-order chi connectivity index (χ0) is 9.52. The van der Waals surface area contributed by atoms with Crippen LogP contribution in [0, 0.1) is 11.3 Å². The first-order valence-electron chi connectivity index (χ1n) is 4.91. The van der Waals surface area contributed by atoms with Gasteiger partial charge in [-0.25, -0.2) is 0 Å². The predicted molar refractivity (Wildman–Crippen MR) is 57.3 cm³/mol. The summed E-state index contributed by atoms with van der Waals surface area (Å²) in [5.74, 6) is 0.424. The average Bonchev–Trinajstić information content (AvgIpc) is 2.19. The highest BCUT2D eigenvalue weighted by Gasteiger charge is 2.04. The quantitative estimate of drug-likeness (QED) is 0.664. The van der Waals surface area contributed by atoms with Gasteiger partial charge in [0.15, 0.2) is 0 Å². The molecule has 0 aliphatic carbocycles.